The summed E-state index contributed by atoms with van der Waals surface area (Å²) in [4.78, 5) is 11.8. The second-order valence-corrected chi connectivity index (χ2v) is 4.25. The standard InChI is InChI=1S/C14H11ClFNO/c15-12-5-3-11(4-6-12)14(18)17-9-10-1-7-13(16)8-2-10/h1-8H,9H2,(H,17,18). The minimum absolute atomic E-state index is 0.184. The van der Waals surface area contributed by atoms with Gasteiger partial charge in [0, 0.05) is 17.1 Å². The lowest BCUT2D eigenvalue weighted by Gasteiger charge is -2.05. The summed E-state index contributed by atoms with van der Waals surface area (Å²) in [5.74, 6) is -0.473. The molecule has 2 rings (SSSR count). The molecule has 0 saturated carbocycles. The van der Waals surface area contributed by atoms with Crippen LogP contribution in [-0.2, 0) is 6.54 Å². The van der Waals surface area contributed by atoms with E-state index in [0.717, 1.165) is 5.56 Å². The van der Waals surface area contributed by atoms with E-state index in [0.29, 0.717) is 17.1 Å². The quantitative estimate of drug-likeness (QED) is 0.903. The van der Waals surface area contributed by atoms with Crippen molar-refractivity contribution in [2.45, 2.75) is 6.54 Å². The minimum atomic E-state index is -0.289. The Kier molecular flexibility index (Phi) is 3.95. The maximum Gasteiger partial charge on any atom is 0.251 e. The number of carbonyl (C=O) groups excluding carboxylic acids is 1. The van der Waals surface area contributed by atoms with Gasteiger partial charge in [-0.3, -0.25) is 4.79 Å². The van der Waals surface area contributed by atoms with Crippen molar-refractivity contribution in [2.75, 3.05) is 0 Å². The molecule has 2 nitrogen and oxygen atoms in total. The monoisotopic (exact) mass is 263 g/mol. The summed E-state index contributed by atoms with van der Waals surface area (Å²) in [7, 11) is 0. The third-order valence-corrected chi connectivity index (χ3v) is 2.72. The van der Waals surface area contributed by atoms with Crippen LogP contribution in [0.2, 0.25) is 5.02 Å². The zero-order valence-corrected chi connectivity index (χ0v) is 10.2. The van der Waals surface area contributed by atoms with Gasteiger partial charge in [0.2, 0.25) is 0 Å². The van der Waals surface area contributed by atoms with Crippen molar-refractivity contribution < 1.29 is 9.18 Å². The van der Waals surface area contributed by atoms with Gasteiger partial charge in [-0.05, 0) is 42.0 Å². The number of amides is 1. The first-order valence-electron chi connectivity index (χ1n) is 5.43. The van der Waals surface area contributed by atoms with Crippen LogP contribution in [0.25, 0.3) is 0 Å². The maximum absolute atomic E-state index is 12.7. The van der Waals surface area contributed by atoms with Crippen LogP contribution < -0.4 is 5.32 Å². The lowest BCUT2D eigenvalue weighted by atomic mass is 10.2. The van der Waals surface area contributed by atoms with E-state index in [2.05, 4.69) is 5.32 Å². The van der Waals surface area contributed by atoms with Gasteiger partial charge in [-0.15, -0.1) is 0 Å². The van der Waals surface area contributed by atoms with Crippen molar-refractivity contribution in [3.8, 4) is 0 Å². The summed E-state index contributed by atoms with van der Waals surface area (Å²) in [5.41, 5.74) is 1.39. The van der Waals surface area contributed by atoms with Crippen molar-refractivity contribution in [3.05, 3.63) is 70.5 Å². The van der Waals surface area contributed by atoms with Crippen molar-refractivity contribution in [1.82, 2.24) is 5.32 Å². The summed E-state index contributed by atoms with van der Waals surface area (Å²) in [6.45, 7) is 0.363. The Labute approximate surface area is 109 Å². The van der Waals surface area contributed by atoms with Crippen LogP contribution in [-0.4, -0.2) is 5.91 Å². The van der Waals surface area contributed by atoms with E-state index < -0.39 is 0 Å². The van der Waals surface area contributed by atoms with E-state index >= 15 is 0 Å². The Morgan fingerprint density at radius 3 is 2.28 bits per heavy atom. The van der Waals surface area contributed by atoms with Gasteiger partial charge >= 0.3 is 0 Å². The molecule has 0 spiro atoms. The van der Waals surface area contributed by atoms with Crippen LogP contribution in [0.4, 0.5) is 4.39 Å². The molecule has 0 bridgehead atoms. The van der Waals surface area contributed by atoms with Gasteiger partial charge in [0.05, 0.1) is 0 Å². The number of rotatable bonds is 3. The fourth-order valence-corrected chi connectivity index (χ4v) is 1.61. The molecule has 0 radical (unpaired) electrons. The Hall–Kier alpha value is -1.87. The van der Waals surface area contributed by atoms with Crippen molar-refractivity contribution in [2.24, 2.45) is 0 Å². The molecule has 0 heterocycles. The zero-order valence-electron chi connectivity index (χ0n) is 9.49. The molecule has 0 aliphatic heterocycles. The molecule has 0 atom stereocenters. The second-order valence-electron chi connectivity index (χ2n) is 3.82. The van der Waals surface area contributed by atoms with Gasteiger partial charge in [0.25, 0.3) is 5.91 Å². The average molecular weight is 264 g/mol. The number of hydrogen-bond acceptors (Lipinski definition) is 1. The molecule has 2 aromatic rings. The third-order valence-electron chi connectivity index (χ3n) is 2.47. The molecule has 1 N–H and O–H groups in total. The van der Waals surface area contributed by atoms with Crippen LogP contribution in [0.3, 0.4) is 0 Å². The highest BCUT2D eigenvalue weighted by Gasteiger charge is 2.04. The first kappa shape index (κ1) is 12.6. The van der Waals surface area contributed by atoms with Crippen LogP contribution in [0, 0.1) is 5.82 Å². The summed E-state index contributed by atoms with van der Waals surface area (Å²) in [6.07, 6.45) is 0. The smallest absolute Gasteiger partial charge is 0.251 e. The van der Waals surface area contributed by atoms with Crippen LogP contribution in [0.5, 0.6) is 0 Å². The molecule has 2 aromatic carbocycles. The SMILES string of the molecule is O=C(NCc1ccc(F)cc1)c1ccc(Cl)cc1. The van der Waals surface area contributed by atoms with E-state index in [-0.39, 0.29) is 11.7 Å². The van der Waals surface area contributed by atoms with Gasteiger partial charge in [-0.2, -0.15) is 0 Å². The van der Waals surface area contributed by atoms with E-state index in [1.54, 1.807) is 36.4 Å². The minimum Gasteiger partial charge on any atom is -0.348 e. The third kappa shape index (κ3) is 3.31. The molecule has 0 unspecified atom stereocenters. The molecule has 4 heteroatoms. The number of hydrogen-bond donors (Lipinski definition) is 1. The van der Waals surface area contributed by atoms with Crippen LogP contribution >= 0.6 is 11.6 Å². The number of benzene rings is 2. The Morgan fingerprint density at radius 2 is 1.67 bits per heavy atom. The molecular formula is C14H11ClFNO. The van der Waals surface area contributed by atoms with Crippen molar-refractivity contribution >= 4 is 17.5 Å². The molecule has 0 aromatic heterocycles. The van der Waals surface area contributed by atoms with Gasteiger partial charge in [0.1, 0.15) is 5.82 Å². The fourth-order valence-electron chi connectivity index (χ4n) is 1.49. The topological polar surface area (TPSA) is 29.1 Å². The summed E-state index contributed by atoms with van der Waals surface area (Å²) >= 11 is 5.74. The Balaban J connectivity index is 1.96. The highest BCUT2D eigenvalue weighted by Crippen LogP contribution is 2.09. The van der Waals surface area contributed by atoms with Gasteiger partial charge in [-0.1, -0.05) is 23.7 Å². The summed E-state index contributed by atoms with van der Waals surface area (Å²) in [5, 5.41) is 3.34. The molecule has 0 aliphatic rings. The number of halogens is 2. The summed E-state index contributed by atoms with van der Waals surface area (Å²) < 4.78 is 12.7. The fraction of sp³-hybridized carbons (Fsp3) is 0.0714. The van der Waals surface area contributed by atoms with E-state index in [1.807, 2.05) is 0 Å². The maximum atomic E-state index is 12.7. The highest BCUT2D eigenvalue weighted by molar-refractivity contribution is 6.30. The van der Waals surface area contributed by atoms with E-state index in [4.69, 9.17) is 11.6 Å². The zero-order chi connectivity index (χ0) is 13.0. The number of nitrogens with one attached hydrogen (secondary N) is 1. The lowest BCUT2D eigenvalue weighted by molar-refractivity contribution is 0.0951. The van der Waals surface area contributed by atoms with Crippen molar-refractivity contribution in [3.63, 3.8) is 0 Å². The van der Waals surface area contributed by atoms with Crippen molar-refractivity contribution in [1.29, 1.82) is 0 Å². The normalized spacial score (nSPS) is 10.1. The van der Waals surface area contributed by atoms with E-state index in [9.17, 15) is 9.18 Å². The molecule has 18 heavy (non-hydrogen) atoms. The number of carbonyl (C=O) groups is 1. The second kappa shape index (κ2) is 5.65. The largest absolute Gasteiger partial charge is 0.348 e. The van der Waals surface area contributed by atoms with Gasteiger partial charge < -0.3 is 5.32 Å². The van der Waals surface area contributed by atoms with Gasteiger partial charge in [-0.25, -0.2) is 4.39 Å². The van der Waals surface area contributed by atoms with Crippen LogP contribution in [0.1, 0.15) is 15.9 Å². The predicted octanol–water partition coefficient (Wildman–Crippen LogP) is 3.41. The molecule has 0 aliphatic carbocycles. The molecule has 0 saturated heterocycles. The summed E-state index contributed by atoms with van der Waals surface area (Å²) in [6, 6.07) is 12.6. The molecule has 0 fully saturated rings. The molecular weight excluding hydrogens is 253 g/mol. The van der Waals surface area contributed by atoms with Crippen LogP contribution in [0.15, 0.2) is 48.5 Å². The molecule has 1 amide bonds. The first-order valence-corrected chi connectivity index (χ1v) is 5.81. The predicted molar refractivity (Wildman–Crippen MR) is 69.0 cm³/mol. The van der Waals surface area contributed by atoms with Gasteiger partial charge in [0.15, 0.2) is 0 Å². The molecule has 92 valence electrons. The first-order chi connectivity index (χ1) is 8.65. The Morgan fingerprint density at radius 1 is 1.06 bits per heavy atom. The Bertz CT molecular complexity index is 537. The lowest BCUT2D eigenvalue weighted by Crippen LogP contribution is -2.22. The average Bonchev–Trinajstić information content (AvgIpc) is 2.38. The highest BCUT2D eigenvalue weighted by atomic mass is 35.5. The van der Waals surface area contributed by atoms with E-state index in [1.165, 1.54) is 12.1 Å².